The third kappa shape index (κ3) is 3.19. The molecule has 4 nitrogen and oxygen atoms in total. The van der Waals surface area contributed by atoms with Crippen LogP contribution in [0.4, 0.5) is 4.79 Å². The molecule has 2 aromatic heterocycles. The fourth-order valence-corrected chi connectivity index (χ4v) is 8.12. The Morgan fingerprint density at radius 3 is 2.45 bits per heavy atom. The number of carbonyl (C=O) groups excluding carboxylic acids is 1. The van der Waals surface area contributed by atoms with Crippen molar-refractivity contribution in [2.45, 2.75) is 48.1 Å². The van der Waals surface area contributed by atoms with Crippen LogP contribution >= 0.6 is 11.3 Å². The van der Waals surface area contributed by atoms with E-state index < -0.39 is 30.1 Å². The summed E-state index contributed by atoms with van der Waals surface area (Å²) in [6.07, 6.45) is -0.399. The molecule has 0 bridgehead atoms. The number of aryl methyl sites for hydroxylation is 1. The summed E-state index contributed by atoms with van der Waals surface area (Å²) < 4.78 is 9.39. The van der Waals surface area contributed by atoms with E-state index >= 15 is 0 Å². The van der Waals surface area contributed by atoms with Crippen molar-refractivity contribution < 1.29 is 9.53 Å². The number of nitrogens with zero attached hydrogens (tertiary/aromatic N) is 2. The predicted octanol–water partition coefficient (Wildman–Crippen LogP) is 3.73. The van der Waals surface area contributed by atoms with Crippen LogP contribution in [0.2, 0.25) is 14.8 Å². The molecular formula is C14H22N2O2SSn. The Hall–Kier alpha value is -0.561. The van der Waals surface area contributed by atoms with E-state index in [0.29, 0.717) is 0 Å². The van der Waals surface area contributed by atoms with Gasteiger partial charge >= 0.3 is 128 Å². The van der Waals surface area contributed by atoms with Gasteiger partial charge in [-0.15, -0.1) is 0 Å². The second-order valence-corrected chi connectivity index (χ2v) is 23.5. The molecule has 0 saturated carbocycles. The van der Waals surface area contributed by atoms with Gasteiger partial charge in [0, 0.05) is 0 Å². The Morgan fingerprint density at radius 2 is 1.95 bits per heavy atom. The van der Waals surface area contributed by atoms with Crippen LogP contribution in [0.1, 0.15) is 26.5 Å². The molecule has 2 heterocycles. The third-order valence-electron chi connectivity index (χ3n) is 2.82. The average Bonchev–Trinajstić information content (AvgIpc) is 2.75. The van der Waals surface area contributed by atoms with Crippen LogP contribution in [0.5, 0.6) is 0 Å². The summed E-state index contributed by atoms with van der Waals surface area (Å²) in [5.41, 5.74) is 1.28. The summed E-state index contributed by atoms with van der Waals surface area (Å²) in [6.45, 7) is 7.54. The molecule has 0 radical (unpaired) electrons. The number of rotatable bonds is 1. The van der Waals surface area contributed by atoms with E-state index in [4.69, 9.17) is 4.74 Å². The number of thiophene rings is 1. The molecule has 0 aliphatic carbocycles. The van der Waals surface area contributed by atoms with Crippen molar-refractivity contribution in [1.29, 1.82) is 0 Å². The van der Waals surface area contributed by atoms with E-state index in [-0.39, 0.29) is 0 Å². The first-order valence-electron chi connectivity index (χ1n) is 6.72. The van der Waals surface area contributed by atoms with Gasteiger partial charge in [-0.25, -0.2) is 0 Å². The molecule has 0 unspecified atom stereocenters. The van der Waals surface area contributed by atoms with Crippen LogP contribution in [0.3, 0.4) is 0 Å². The molecular weight excluding hydrogens is 379 g/mol. The number of ether oxygens (including phenoxy) is 1. The summed E-state index contributed by atoms with van der Waals surface area (Å²) >= 11 is -0.334. The van der Waals surface area contributed by atoms with Crippen LogP contribution in [-0.4, -0.2) is 39.9 Å². The molecule has 20 heavy (non-hydrogen) atoms. The summed E-state index contributed by atoms with van der Waals surface area (Å²) in [6, 6.07) is 2.14. The Labute approximate surface area is 128 Å². The van der Waals surface area contributed by atoms with Gasteiger partial charge in [-0.05, 0) is 0 Å². The first-order valence-corrected chi connectivity index (χ1v) is 17.5. The van der Waals surface area contributed by atoms with Crippen molar-refractivity contribution in [2.24, 2.45) is 0 Å². The van der Waals surface area contributed by atoms with Gasteiger partial charge in [-0.2, -0.15) is 0 Å². The zero-order valence-electron chi connectivity index (χ0n) is 13.2. The van der Waals surface area contributed by atoms with E-state index in [1.165, 1.54) is 7.57 Å². The number of aromatic nitrogens is 2. The summed E-state index contributed by atoms with van der Waals surface area (Å²) in [4.78, 5) is 19.4. The van der Waals surface area contributed by atoms with Gasteiger partial charge in [0.05, 0.1) is 0 Å². The zero-order chi connectivity index (χ0) is 15.3. The molecule has 2 rings (SSSR count). The van der Waals surface area contributed by atoms with Crippen molar-refractivity contribution in [2.75, 3.05) is 0 Å². The molecule has 110 valence electrons. The molecule has 0 atom stereocenters. The number of hydrogen-bond donors (Lipinski definition) is 0. The summed E-state index contributed by atoms with van der Waals surface area (Å²) in [7, 11) is 0. The topological polar surface area (TPSA) is 44.1 Å². The SMILES string of the molecule is Cc1nn(C(=O)OC(C)(C)C)c2c[c]([Sn]([CH3])([CH3])[CH3])sc12. The third-order valence-corrected chi connectivity index (χ3v) is 13.5. The minimum absolute atomic E-state index is 0.399. The van der Waals surface area contributed by atoms with Gasteiger partial charge in [0.1, 0.15) is 0 Å². The Balaban J connectivity index is 2.50. The van der Waals surface area contributed by atoms with Crippen molar-refractivity contribution in [3.8, 4) is 0 Å². The van der Waals surface area contributed by atoms with Gasteiger partial charge in [-0.3, -0.25) is 0 Å². The maximum atomic E-state index is 12.2. The van der Waals surface area contributed by atoms with E-state index in [2.05, 4.69) is 26.0 Å². The summed E-state index contributed by atoms with van der Waals surface area (Å²) in [5.74, 6) is 0. The van der Waals surface area contributed by atoms with E-state index in [1.54, 1.807) is 11.3 Å². The molecule has 0 saturated heterocycles. The molecule has 0 spiro atoms. The van der Waals surface area contributed by atoms with Crippen molar-refractivity contribution in [3.05, 3.63) is 11.8 Å². The zero-order valence-corrected chi connectivity index (χ0v) is 16.9. The number of hydrogen-bond acceptors (Lipinski definition) is 4. The van der Waals surface area contributed by atoms with Gasteiger partial charge < -0.3 is 0 Å². The van der Waals surface area contributed by atoms with Crippen LogP contribution in [-0.2, 0) is 4.74 Å². The second kappa shape index (κ2) is 5.01. The summed E-state index contributed by atoms with van der Waals surface area (Å²) in [5, 5.41) is 4.33. The molecule has 2 aromatic rings. The normalized spacial score (nSPS) is 12.9. The fraction of sp³-hybridized carbons (Fsp3) is 0.571. The van der Waals surface area contributed by atoms with E-state index in [0.717, 1.165) is 15.9 Å². The first kappa shape index (κ1) is 15.8. The Morgan fingerprint density at radius 1 is 1.35 bits per heavy atom. The van der Waals surface area contributed by atoms with Gasteiger partial charge in [0.2, 0.25) is 0 Å². The van der Waals surface area contributed by atoms with Crippen LogP contribution in [0.25, 0.3) is 10.2 Å². The Kier molecular flexibility index (Phi) is 3.97. The molecule has 0 amide bonds. The predicted molar refractivity (Wildman–Crippen MR) is 87.0 cm³/mol. The Bertz CT molecular complexity index is 659. The molecule has 0 N–H and O–H groups in total. The second-order valence-electron chi connectivity index (χ2n) is 7.05. The van der Waals surface area contributed by atoms with E-state index in [1.807, 2.05) is 27.7 Å². The van der Waals surface area contributed by atoms with Gasteiger partial charge in [0.25, 0.3) is 0 Å². The van der Waals surface area contributed by atoms with Crippen LogP contribution < -0.4 is 2.89 Å². The van der Waals surface area contributed by atoms with Gasteiger partial charge in [0.15, 0.2) is 0 Å². The molecule has 0 aliphatic heterocycles. The quantitative estimate of drug-likeness (QED) is 0.685. The van der Waals surface area contributed by atoms with Crippen LogP contribution in [0, 0.1) is 6.92 Å². The average molecular weight is 401 g/mol. The van der Waals surface area contributed by atoms with Crippen molar-refractivity contribution in [1.82, 2.24) is 9.78 Å². The standard InChI is InChI=1S/C11H13N2O2S.3CH3.Sn/c1-7-9-8(5-6-16-9)13(12-7)10(14)15-11(2,3)4;;;;/h5H,1-4H3;3*1H3;. The fourth-order valence-electron chi connectivity index (χ4n) is 1.86. The van der Waals surface area contributed by atoms with Gasteiger partial charge in [-0.1, -0.05) is 0 Å². The monoisotopic (exact) mass is 402 g/mol. The molecule has 6 heteroatoms. The molecule has 0 fully saturated rings. The van der Waals surface area contributed by atoms with Crippen molar-refractivity contribution >= 4 is 48.9 Å². The first-order chi connectivity index (χ1) is 8.99. The number of fused-ring (bicyclic) bond motifs is 1. The van der Waals surface area contributed by atoms with E-state index in [9.17, 15) is 4.79 Å². The van der Waals surface area contributed by atoms with Crippen molar-refractivity contribution in [3.63, 3.8) is 0 Å². The maximum absolute atomic E-state index is 12.2. The number of carbonyl (C=O) groups is 1. The van der Waals surface area contributed by atoms with Crippen LogP contribution in [0.15, 0.2) is 6.07 Å². The molecule has 0 aliphatic rings. The minimum atomic E-state index is -2.12. The molecule has 0 aromatic carbocycles.